The zero-order chi connectivity index (χ0) is 14.3. The number of nitrogens with one attached hydrogen (secondary N) is 2. The third kappa shape index (κ3) is 6.28. The first-order valence-corrected chi connectivity index (χ1v) is 7.70. The summed E-state index contributed by atoms with van der Waals surface area (Å²) in [4.78, 5) is 11.8. The van der Waals surface area contributed by atoms with Gasteiger partial charge in [0, 0.05) is 18.7 Å². The lowest BCUT2D eigenvalue weighted by atomic mass is 9.99. The molecule has 3 N–H and O–H groups in total. The lowest BCUT2D eigenvalue weighted by Gasteiger charge is -2.22. The minimum atomic E-state index is -0.119. The highest BCUT2D eigenvalue weighted by atomic mass is 16.3. The van der Waals surface area contributed by atoms with E-state index in [1.165, 1.54) is 32.1 Å². The van der Waals surface area contributed by atoms with Gasteiger partial charge in [0.05, 0.1) is 0 Å². The Kier molecular flexibility index (Phi) is 7.21. The zero-order valence-corrected chi connectivity index (χ0v) is 12.6. The predicted octanol–water partition coefficient (Wildman–Crippen LogP) is 2.66. The van der Waals surface area contributed by atoms with Crippen LogP contribution >= 0.6 is 0 Å². The second kappa shape index (κ2) is 8.41. The van der Waals surface area contributed by atoms with Crippen LogP contribution in [-0.4, -0.2) is 29.8 Å². The molecule has 0 bridgehead atoms. The Morgan fingerprint density at radius 1 is 1.21 bits per heavy atom. The summed E-state index contributed by atoms with van der Waals surface area (Å²) in [6, 6.07) is 0.0935. The summed E-state index contributed by atoms with van der Waals surface area (Å²) in [6.45, 7) is 6.01. The molecule has 1 saturated carbocycles. The maximum Gasteiger partial charge on any atom is 0.315 e. The summed E-state index contributed by atoms with van der Waals surface area (Å²) in [5.74, 6) is 0.959. The highest BCUT2D eigenvalue weighted by Crippen LogP contribution is 2.28. The molecule has 4 nitrogen and oxygen atoms in total. The van der Waals surface area contributed by atoms with E-state index in [4.69, 9.17) is 5.11 Å². The molecule has 0 aromatic carbocycles. The van der Waals surface area contributed by atoms with Gasteiger partial charge in [0.15, 0.2) is 0 Å². The average Bonchev–Trinajstić information content (AvgIpc) is 2.88. The van der Waals surface area contributed by atoms with Crippen molar-refractivity contribution in [3.63, 3.8) is 0 Å². The molecule has 2 amide bonds. The standard InChI is InChI=1S/C15H30N2O2/c1-11(10-18)13(3)17-15(19)16-12(2)8-9-14-6-4-5-7-14/h11-14,18H,4-10H2,1-3H3,(H2,16,17,19). The Morgan fingerprint density at radius 3 is 2.42 bits per heavy atom. The van der Waals surface area contributed by atoms with Gasteiger partial charge in [-0.15, -0.1) is 0 Å². The molecule has 3 atom stereocenters. The molecular formula is C15H30N2O2. The van der Waals surface area contributed by atoms with Crippen LogP contribution in [0, 0.1) is 11.8 Å². The van der Waals surface area contributed by atoms with Gasteiger partial charge >= 0.3 is 6.03 Å². The van der Waals surface area contributed by atoms with E-state index in [0.29, 0.717) is 0 Å². The van der Waals surface area contributed by atoms with Gasteiger partial charge in [0.2, 0.25) is 0 Å². The molecule has 0 radical (unpaired) electrons. The van der Waals surface area contributed by atoms with Gasteiger partial charge in [-0.25, -0.2) is 4.79 Å². The van der Waals surface area contributed by atoms with Gasteiger partial charge in [-0.3, -0.25) is 0 Å². The quantitative estimate of drug-likeness (QED) is 0.666. The molecule has 1 aliphatic rings. The SMILES string of the molecule is CC(CCC1CCCC1)NC(=O)NC(C)C(C)CO. The second-order valence-electron chi connectivity index (χ2n) is 6.20. The Balaban J connectivity index is 2.16. The van der Waals surface area contributed by atoms with Crippen LogP contribution < -0.4 is 10.6 Å². The van der Waals surface area contributed by atoms with Crippen LogP contribution in [0.4, 0.5) is 4.79 Å². The molecule has 0 heterocycles. The van der Waals surface area contributed by atoms with E-state index in [1.54, 1.807) is 0 Å². The van der Waals surface area contributed by atoms with Crippen LogP contribution in [0.3, 0.4) is 0 Å². The van der Waals surface area contributed by atoms with Crippen LogP contribution in [0.1, 0.15) is 59.3 Å². The Labute approximate surface area is 117 Å². The van der Waals surface area contributed by atoms with E-state index in [-0.39, 0.29) is 30.6 Å². The van der Waals surface area contributed by atoms with Crippen molar-refractivity contribution >= 4 is 6.03 Å². The fourth-order valence-corrected chi connectivity index (χ4v) is 2.63. The van der Waals surface area contributed by atoms with E-state index in [0.717, 1.165) is 12.3 Å². The number of carbonyl (C=O) groups is 1. The number of rotatable bonds is 7. The molecule has 112 valence electrons. The van der Waals surface area contributed by atoms with Gasteiger partial charge in [0.1, 0.15) is 0 Å². The molecule has 0 aliphatic heterocycles. The third-order valence-corrected chi connectivity index (χ3v) is 4.36. The summed E-state index contributed by atoms with van der Waals surface area (Å²) in [5, 5.41) is 14.9. The molecule has 1 rings (SSSR count). The van der Waals surface area contributed by atoms with Crippen LogP contribution in [0.2, 0.25) is 0 Å². The van der Waals surface area contributed by atoms with Crippen LogP contribution in [-0.2, 0) is 0 Å². The van der Waals surface area contributed by atoms with Gasteiger partial charge in [-0.1, -0.05) is 32.6 Å². The predicted molar refractivity (Wildman–Crippen MR) is 78.0 cm³/mol. The van der Waals surface area contributed by atoms with Gasteiger partial charge in [-0.2, -0.15) is 0 Å². The highest BCUT2D eigenvalue weighted by molar-refractivity contribution is 5.74. The fraction of sp³-hybridized carbons (Fsp3) is 0.933. The fourth-order valence-electron chi connectivity index (χ4n) is 2.63. The summed E-state index contributed by atoms with van der Waals surface area (Å²) in [5.41, 5.74) is 0. The van der Waals surface area contributed by atoms with E-state index < -0.39 is 0 Å². The van der Waals surface area contributed by atoms with Crippen molar-refractivity contribution in [1.29, 1.82) is 0 Å². The van der Waals surface area contributed by atoms with Crippen molar-refractivity contribution in [2.24, 2.45) is 11.8 Å². The zero-order valence-electron chi connectivity index (χ0n) is 12.6. The molecule has 0 spiro atoms. The lowest BCUT2D eigenvalue weighted by molar-refractivity contribution is 0.199. The van der Waals surface area contributed by atoms with E-state index >= 15 is 0 Å². The normalized spacial score (nSPS) is 20.8. The van der Waals surface area contributed by atoms with E-state index in [1.807, 2.05) is 13.8 Å². The molecule has 1 fully saturated rings. The van der Waals surface area contributed by atoms with Crippen molar-refractivity contribution < 1.29 is 9.90 Å². The number of hydrogen-bond acceptors (Lipinski definition) is 2. The third-order valence-electron chi connectivity index (χ3n) is 4.36. The van der Waals surface area contributed by atoms with Crippen molar-refractivity contribution in [2.75, 3.05) is 6.61 Å². The topological polar surface area (TPSA) is 61.4 Å². The molecule has 0 aromatic rings. The largest absolute Gasteiger partial charge is 0.396 e. The van der Waals surface area contributed by atoms with Crippen LogP contribution in [0.15, 0.2) is 0 Å². The van der Waals surface area contributed by atoms with Gasteiger partial charge in [-0.05, 0) is 38.5 Å². The average molecular weight is 270 g/mol. The molecule has 4 heteroatoms. The number of aliphatic hydroxyl groups is 1. The lowest BCUT2D eigenvalue weighted by Crippen LogP contribution is -2.47. The van der Waals surface area contributed by atoms with Crippen molar-refractivity contribution in [2.45, 2.75) is 71.4 Å². The Morgan fingerprint density at radius 2 is 1.84 bits per heavy atom. The number of aliphatic hydroxyl groups excluding tert-OH is 1. The van der Waals surface area contributed by atoms with E-state index in [2.05, 4.69) is 17.6 Å². The summed E-state index contributed by atoms with van der Waals surface area (Å²) in [7, 11) is 0. The van der Waals surface area contributed by atoms with Crippen molar-refractivity contribution in [3.05, 3.63) is 0 Å². The number of hydrogen-bond donors (Lipinski definition) is 3. The van der Waals surface area contributed by atoms with Gasteiger partial charge < -0.3 is 15.7 Å². The van der Waals surface area contributed by atoms with Crippen LogP contribution in [0.25, 0.3) is 0 Å². The molecule has 3 unspecified atom stereocenters. The summed E-state index contributed by atoms with van der Waals surface area (Å²) >= 11 is 0. The molecular weight excluding hydrogens is 240 g/mol. The number of carbonyl (C=O) groups excluding carboxylic acids is 1. The second-order valence-corrected chi connectivity index (χ2v) is 6.20. The molecule has 0 saturated heterocycles. The van der Waals surface area contributed by atoms with Crippen molar-refractivity contribution in [1.82, 2.24) is 10.6 Å². The summed E-state index contributed by atoms with van der Waals surface area (Å²) < 4.78 is 0. The first-order valence-electron chi connectivity index (χ1n) is 7.70. The number of urea groups is 1. The smallest absolute Gasteiger partial charge is 0.315 e. The van der Waals surface area contributed by atoms with E-state index in [9.17, 15) is 4.79 Å². The first kappa shape index (κ1) is 16.3. The number of amides is 2. The van der Waals surface area contributed by atoms with Crippen LogP contribution in [0.5, 0.6) is 0 Å². The molecule has 1 aliphatic carbocycles. The minimum absolute atomic E-state index is 0.00738. The highest BCUT2D eigenvalue weighted by Gasteiger charge is 2.18. The molecule has 19 heavy (non-hydrogen) atoms. The Hall–Kier alpha value is -0.770. The minimum Gasteiger partial charge on any atom is -0.396 e. The molecule has 0 aromatic heterocycles. The maximum absolute atomic E-state index is 11.8. The van der Waals surface area contributed by atoms with Crippen molar-refractivity contribution in [3.8, 4) is 0 Å². The van der Waals surface area contributed by atoms with Gasteiger partial charge in [0.25, 0.3) is 0 Å². The first-order chi connectivity index (χ1) is 9.02. The summed E-state index contributed by atoms with van der Waals surface area (Å²) in [6.07, 6.45) is 7.77. The Bertz CT molecular complexity index is 265. The monoisotopic (exact) mass is 270 g/mol. The maximum atomic E-state index is 11.8.